The van der Waals surface area contributed by atoms with E-state index in [1.54, 1.807) is 25.3 Å². The van der Waals surface area contributed by atoms with E-state index < -0.39 is 0 Å². The van der Waals surface area contributed by atoms with E-state index in [9.17, 15) is 4.79 Å². The van der Waals surface area contributed by atoms with E-state index in [1.807, 2.05) is 45.0 Å². The number of carbonyl (C=O) groups excluding carboxylic acids is 1. The highest BCUT2D eigenvalue weighted by Crippen LogP contribution is 2.28. The fourth-order valence-corrected chi connectivity index (χ4v) is 2.30. The monoisotopic (exact) mass is 313 g/mol. The molecule has 4 nitrogen and oxygen atoms in total. The summed E-state index contributed by atoms with van der Waals surface area (Å²) < 4.78 is 10.8. The Bertz CT molecular complexity index is 665. The Morgan fingerprint density at radius 1 is 1.13 bits per heavy atom. The summed E-state index contributed by atoms with van der Waals surface area (Å²) in [5, 5.41) is 3.00. The largest absolute Gasteiger partial charge is 0.493 e. The molecule has 23 heavy (non-hydrogen) atoms. The zero-order valence-electron chi connectivity index (χ0n) is 14.1. The summed E-state index contributed by atoms with van der Waals surface area (Å²) in [4.78, 5) is 12.4. The van der Waals surface area contributed by atoms with E-state index in [1.165, 1.54) is 5.56 Å². The SMILES string of the molecule is CCOc1ccc(C(=O)NC(C)c2ccc(C)cc2)cc1OC. The van der Waals surface area contributed by atoms with Crippen molar-refractivity contribution >= 4 is 5.91 Å². The molecule has 1 atom stereocenters. The molecule has 2 aromatic carbocycles. The van der Waals surface area contributed by atoms with Crippen LogP contribution in [0.1, 0.15) is 41.4 Å². The molecule has 0 heterocycles. The van der Waals surface area contributed by atoms with E-state index >= 15 is 0 Å². The van der Waals surface area contributed by atoms with Crippen LogP contribution in [0.2, 0.25) is 0 Å². The van der Waals surface area contributed by atoms with Crippen molar-refractivity contribution < 1.29 is 14.3 Å². The maximum Gasteiger partial charge on any atom is 0.251 e. The van der Waals surface area contributed by atoms with Crippen LogP contribution in [-0.4, -0.2) is 19.6 Å². The molecule has 122 valence electrons. The molecule has 1 N–H and O–H groups in total. The van der Waals surface area contributed by atoms with Gasteiger partial charge >= 0.3 is 0 Å². The van der Waals surface area contributed by atoms with E-state index in [0.29, 0.717) is 23.7 Å². The van der Waals surface area contributed by atoms with Crippen molar-refractivity contribution in [3.63, 3.8) is 0 Å². The number of ether oxygens (including phenoxy) is 2. The third-order valence-electron chi connectivity index (χ3n) is 3.65. The summed E-state index contributed by atoms with van der Waals surface area (Å²) in [6.07, 6.45) is 0. The number of amides is 1. The predicted molar refractivity (Wildman–Crippen MR) is 91.2 cm³/mol. The third kappa shape index (κ3) is 4.25. The van der Waals surface area contributed by atoms with Crippen molar-refractivity contribution in [1.82, 2.24) is 5.32 Å². The molecular formula is C19H23NO3. The summed E-state index contributed by atoms with van der Waals surface area (Å²) in [6, 6.07) is 13.3. The second kappa shape index (κ2) is 7.68. The Labute approximate surface area is 137 Å². The molecule has 1 unspecified atom stereocenters. The summed E-state index contributed by atoms with van der Waals surface area (Å²) in [7, 11) is 1.56. The molecule has 0 aromatic heterocycles. The van der Waals surface area contributed by atoms with Gasteiger partial charge in [-0.2, -0.15) is 0 Å². The van der Waals surface area contributed by atoms with Gasteiger partial charge in [0, 0.05) is 5.56 Å². The highest BCUT2D eigenvalue weighted by Gasteiger charge is 2.14. The molecule has 0 fully saturated rings. The summed E-state index contributed by atoms with van der Waals surface area (Å²) in [6.45, 7) is 6.46. The minimum atomic E-state index is -0.139. The number of aryl methyl sites for hydroxylation is 1. The molecule has 0 bridgehead atoms. The van der Waals surface area contributed by atoms with Crippen LogP contribution in [0.15, 0.2) is 42.5 Å². The van der Waals surface area contributed by atoms with Gasteiger partial charge in [0.05, 0.1) is 19.8 Å². The van der Waals surface area contributed by atoms with E-state index in [-0.39, 0.29) is 11.9 Å². The molecule has 0 aliphatic heterocycles. The number of carbonyl (C=O) groups is 1. The molecule has 2 rings (SSSR count). The van der Waals surface area contributed by atoms with Gasteiger partial charge in [-0.05, 0) is 44.5 Å². The van der Waals surface area contributed by atoms with Crippen LogP contribution in [0, 0.1) is 6.92 Å². The Morgan fingerprint density at radius 2 is 1.83 bits per heavy atom. The van der Waals surface area contributed by atoms with Crippen LogP contribution in [0.4, 0.5) is 0 Å². The smallest absolute Gasteiger partial charge is 0.251 e. The first-order chi connectivity index (χ1) is 11.0. The molecule has 0 radical (unpaired) electrons. The van der Waals surface area contributed by atoms with E-state index in [2.05, 4.69) is 5.32 Å². The minimum Gasteiger partial charge on any atom is -0.493 e. The first-order valence-electron chi connectivity index (χ1n) is 7.73. The lowest BCUT2D eigenvalue weighted by atomic mass is 10.1. The van der Waals surface area contributed by atoms with Gasteiger partial charge in [0.2, 0.25) is 0 Å². The number of benzene rings is 2. The van der Waals surface area contributed by atoms with Gasteiger partial charge in [-0.1, -0.05) is 29.8 Å². The Balaban J connectivity index is 2.12. The van der Waals surface area contributed by atoms with Crippen molar-refractivity contribution in [2.75, 3.05) is 13.7 Å². The first-order valence-corrected chi connectivity index (χ1v) is 7.73. The minimum absolute atomic E-state index is 0.0688. The van der Waals surface area contributed by atoms with Gasteiger partial charge in [0.1, 0.15) is 0 Å². The second-order valence-electron chi connectivity index (χ2n) is 5.40. The topological polar surface area (TPSA) is 47.6 Å². The number of hydrogen-bond acceptors (Lipinski definition) is 3. The van der Waals surface area contributed by atoms with Crippen LogP contribution < -0.4 is 14.8 Å². The number of methoxy groups -OCH3 is 1. The van der Waals surface area contributed by atoms with Gasteiger partial charge in [0.15, 0.2) is 11.5 Å². The third-order valence-corrected chi connectivity index (χ3v) is 3.65. The highest BCUT2D eigenvalue weighted by atomic mass is 16.5. The second-order valence-corrected chi connectivity index (χ2v) is 5.40. The molecule has 2 aromatic rings. The van der Waals surface area contributed by atoms with Gasteiger partial charge in [-0.15, -0.1) is 0 Å². The molecular weight excluding hydrogens is 290 g/mol. The molecule has 0 aliphatic rings. The summed E-state index contributed by atoms with van der Waals surface area (Å²) in [5.41, 5.74) is 2.81. The quantitative estimate of drug-likeness (QED) is 0.880. The fraction of sp³-hybridized carbons (Fsp3) is 0.316. The van der Waals surface area contributed by atoms with Gasteiger partial charge in [-0.3, -0.25) is 4.79 Å². The van der Waals surface area contributed by atoms with E-state index in [0.717, 1.165) is 5.56 Å². The van der Waals surface area contributed by atoms with Crippen LogP contribution in [0.25, 0.3) is 0 Å². The van der Waals surface area contributed by atoms with Crippen LogP contribution in [0.3, 0.4) is 0 Å². The highest BCUT2D eigenvalue weighted by molar-refractivity contribution is 5.95. The van der Waals surface area contributed by atoms with Crippen molar-refractivity contribution in [1.29, 1.82) is 0 Å². The maximum absolute atomic E-state index is 12.4. The molecule has 4 heteroatoms. The molecule has 0 aliphatic carbocycles. The molecule has 1 amide bonds. The Hall–Kier alpha value is -2.49. The van der Waals surface area contributed by atoms with Gasteiger partial charge in [-0.25, -0.2) is 0 Å². The molecule has 0 spiro atoms. The lowest BCUT2D eigenvalue weighted by Gasteiger charge is -2.16. The molecule has 0 saturated heterocycles. The van der Waals surface area contributed by atoms with Crippen molar-refractivity contribution in [2.24, 2.45) is 0 Å². The van der Waals surface area contributed by atoms with Crippen molar-refractivity contribution in [3.05, 3.63) is 59.2 Å². The first kappa shape index (κ1) is 16.9. The fourth-order valence-electron chi connectivity index (χ4n) is 2.30. The van der Waals surface area contributed by atoms with Crippen LogP contribution >= 0.6 is 0 Å². The van der Waals surface area contributed by atoms with Crippen molar-refractivity contribution in [3.8, 4) is 11.5 Å². The Morgan fingerprint density at radius 3 is 2.43 bits per heavy atom. The zero-order chi connectivity index (χ0) is 16.8. The van der Waals surface area contributed by atoms with Crippen LogP contribution in [-0.2, 0) is 0 Å². The Kier molecular flexibility index (Phi) is 5.63. The number of nitrogens with one attached hydrogen (secondary N) is 1. The number of rotatable bonds is 6. The standard InChI is InChI=1S/C19H23NO3/c1-5-23-17-11-10-16(12-18(17)22-4)19(21)20-14(3)15-8-6-13(2)7-9-15/h6-12,14H,5H2,1-4H3,(H,20,21). The summed E-state index contributed by atoms with van der Waals surface area (Å²) >= 11 is 0. The van der Waals surface area contributed by atoms with Gasteiger partial charge in [0.25, 0.3) is 5.91 Å². The number of hydrogen-bond donors (Lipinski definition) is 1. The maximum atomic E-state index is 12.4. The van der Waals surface area contributed by atoms with Crippen LogP contribution in [0.5, 0.6) is 11.5 Å². The predicted octanol–water partition coefficient (Wildman–Crippen LogP) is 3.89. The lowest BCUT2D eigenvalue weighted by molar-refractivity contribution is 0.0939. The van der Waals surface area contributed by atoms with Gasteiger partial charge < -0.3 is 14.8 Å². The lowest BCUT2D eigenvalue weighted by Crippen LogP contribution is -2.26. The normalized spacial score (nSPS) is 11.7. The van der Waals surface area contributed by atoms with Crippen molar-refractivity contribution in [2.45, 2.75) is 26.8 Å². The van der Waals surface area contributed by atoms with E-state index in [4.69, 9.17) is 9.47 Å². The average Bonchev–Trinajstić information content (AvgIpc) is 2.55. The summed E-state index contributed by atoms with van der Waals surface area (Å²) in [5.74, 6) is 1.06. The zero-order valence-corrected chi connectivity index (χ0v) is 14.1. The average molecular weight is 313 g/mol. The molecule has 0 saturated carbocycles.